The summed E-state index contributed by atoms with van der Waals surface area (Å²) in [6.07, 6.45) is 8.35. The molecule has 4 unspecified atom stereocenters. The Morgan fingerprint density at radius 3 is 2.57 bits per heavy atom. The van der Waals surface area contributed by atoms with Crippen LogP contribution in [-0.4, -0.2) is 37.1 Å². The number of hydrogen-bond donors (Lipinski definition) is 1. The maximum Gasteiger partial charge on any atom is 0.0108 e. The summed E-state index contributed by atoms with van der Waals surface area (Å²) in [4.78, 5) is 2.77. The van der Waals surface area contributed by atoms with E-state index in [4.69, 9.17) is 0 Å². The molecule has 21 heavy (non-hydrogen) atoms. The fourth-order valence-corrected chi connectivity index (χ4v) is 4.45. The molecule has 0 bridgehead atoms. The van der Waals surface area contributed by atoms with Crippen molar-refractivity contribution in [1.29, 1.82) is 0 Å². The Morgan fingerprint density at radius 1 is 1.14 bits per heavy atom. The third-order valence-corrected chi connectivity index (χ3v) is 6.06. The molecule has 1 N–H and O–H groups in total. The fourth-order valence-electron chi connectivity index (χ4n) is 4.45. The average molecular weight is 295 g/mol. The number of hydrogen-bond acceptors (Lipinski definition) is 2. The number of likely N-dealkylation sites (tertiary alicyclic amines) is 1. The van der Waals surface area contributed by atoms with Crippen LogP contribution in [0.1, 0.15) is 66.2 Å². The summed E-state index contributed by atoms with van der Waals surface area (Å²) in [5, 5.41) is 3.85. The van der Waals surface area contributed by atoms with E-state index in [1.165, 1.54) is 64.7 Å². The van der Waals surface area contributed by atoms with Crippen molar-refractivity contribution in [2.75, 3.05) is 26.2 Å². The van der Waals surface area contributed by atoms with Gasteiger partial charge in [-0.05, 0) is 68.9 Å². The topological polar surface area (TPSA) is 15.3 Å². The minimum Gasteiger partial charge on any atom is -0.314 e. The minimum atomic E-state index is 0.778. The van der Waals surface area contributed by atoms with Gasteiger partial charge in [-0.25, -0.2) is 0 Å². The summed E-state index contributed by atoms with van der Waals surface area (Å²) in [5.41, 5.74) is 0. The van der Waals surface area contributed by atoms with Crippen LogP contribution in [0, 0.1) is 23.7 Å². The van der Waals surface area contributed by atoms with E-state index in [0.29, 0.717) is 0 Å². The van der Waals surface area contributed by atoms with Crippen LogP contribution in [0.3, 0.4) is 0 Å². The van der Waals surface area contributed by atoms with E-state index in [2.05, 4.69) is 37.9 Å². The second-order valence-electron chi connectivity index (χ2n) is 7.96. The van der Waals surface area contributed by atoms with E-state index in [0.717, 1.165) is 29.7 Å². The summed E-state index contributed by atoms with van der Waals surface area (Å²) in [7, 11) is 0. The lowest BCUT2D eigenvalue weighted by molar-refractivity contribution is 0.130. The van der Waals surface area contributed by atoms with Gasteiger partial charge in [0.25, 0.3) is 0 Å². The van der Waals surface area contributed by atoms with Gasteiger partial charge in [-0.15, -0.1) is 0 Å². The van der Waals surface area contributed by atoms with Gasteiger partial charge in [-0.1, -0.05) is 34.1 Å². The van der Waals surface area contributed by atoms with Gasteiger partial charge in [0.05, 0.1) is 0 Å². The predicted octanol–water partition coefficient (Wildman–Crippen LogP) is 4.16. The molecule has 2 fully saturated rings. The highest BCUT2D eigenvalue weighted by atomic mass is 15.2. The molecular formula is C19H38N2. The maximum atomic E-state index is 3.85. The van der Waals surface area contributed by atoms with Crippen LogP contribution in [-0.2, 0) is 0 Å². The van der Waals surface area contributed by atoms with E-state index < -0.39 is 0 Å². The minimum absolute atomic E-state index is 0.778. The zero-order valence-electron chi connectivity index (χ0n) is 14.9. The van der Waals surface area contributed by atoms with Crippen LogP contribution >= 0.6 is 0 Å². The molecule has 2 aliphatic rings. The van der Waals surface area contributed by atoms with Gasteiger partial charge in [0, 0.05) is 19.1 Å². The van der Waals surface area contributed by atoms with Gasteiger partial charge in [-0.3, -0.25) is 0 Å². The molecule has 1 aliphatic heterocycles. The van der Waals surface area contributed by atoms with E-state index in [-0.39, 0.29) is 0 Å². The Hall–Kier alpha value is -0.0800. The van der Waals surface area contributed by atoms with Crippen LogP contribution < -0.4 is 5.32 Å². The van der Waals surface area contributed by atoms with Gasteiger partial charge in [0.1, 0.15) is 0 Å². The SMILES string of the molecule is CCCNC1CCC(C(C)C)CC1CN1CCC(CC)C1. The second kappa shape index (κ2) is 8.53. The molecule has 0 aromatic heterocycles. The standard InChI is InChI=1S/C19H38N2/c1-5-10-20-19-8-7-17(15(3)4)12-18(19)14-21-11-9-16(6-2)13-21/h15-20H,5-14H2,1-4H3. The summed E-state index contributed by atoms with van der Waals surface area (Å²) in [6, 6.07) is 0.778. The quantitative estimate of drug-likeness (QED) is 0.758. The average Bonchev–Trinajstić information content (AvgIpc) is 2.93. The molecule has 1 heterocycles. The van der Waals surface area contributed by atoms with E-state index in [1.807, 2.05) is 0 Å². The number of nitrogens with one attached hydrogen (secondary N) is 1. The first-order chi connectivity index (χ1) is 10.1. The van der Waals surface area contributed by atoms with E-state index in [1.54, 1.807) is 0 Å². The zero-order chi connectivity index (χ0) is 15.2. The predicted molar refractivity (Wildman–Crippen MR) is 92.6 cm³/mol. The van der Waals surface area contributed by atoms with Crippen molar-refractivity contribution in [3.8, 4) is 0 Å². The van der Waals surface area contributed by atoms with Crippen molar-refractivity contribution < 1.29 is 0 Å². The van der Waals surface area contributed by atoms with Crippen molar-refractivity contribution in [2.24, 2.45) is 23.7 Å². The molecule has 124 valence electrons. The lowest BCUT2D eigenvalue weighted by Crippen LogP contribution is -2.46. The monoisotopic (exact) mass is 294 g/mol. The third kappa shape index (κ3) is 4.96. The van der Waals surface area contributed by atoms with Crippen molar-refractivity contribution in [3.05, 3.63) is 0 Å². The number of rotatable bonds is 7. The van der Waals surface area contributed by atoms with Crippen LogP contribution in [0.2, 0.25) is 0 Å². The highest BCUT2D eigenvalue weighted by Gasteiger charge is 2.33. The van der Waals surface area contributed by atoms with Crippen LogP contribution in [0.5, 0.6) is 0 Å². The van der Waals surface area contributed by atoms with Crippen LogP contribution in [0.4, 0.5) is 0 Å². The summed E-state index contributed by atoms with van der Waals surface area (Å²) >= 11 is 0. The molecule has 0 aromatic carbocycles. The smallest absolute Gasteiger partial charge is 0.0108 e. The lowest BCUT2D eigenvalue weighted by atomic mass is 9.73. The second-order valence-corrected chi connectivity index (χ2v) is 7.96. The Balaban J connectivity index is 1.89. The van der Waals surface area contributed by atoms with Crippen molar-refractivity contribution in [2.45, 2.75) is 72.3 Å². The van der Waals surface area contributed by atoms with E-state index >= 15 is 0 Å². The first-order valence-corrected chi connectivity index (χ1v) is 9.59. The van der Waals surface area contributed by atoms with Crippen LogP contribution in [0.25, 0.3) is 0 Å². The Bertz CT molecular complexity index is 289. The van der Waals surface area contributed by atoms with E-state index in [9.17, 15) is 0 Å². The van der Waals surface area contributed by atoms with Gasteiger partial charge in [-0.2, -0.15) is 0 Å². The Morgan fingerprint density at radius 2 is 1.95 bits per heavy atom. The van der Waals surface area contributed by atoms with Crippen molar-refractivity contribution in [1.82, 2.24) is 10.2 Å². The molecule has 1 saturated heterocycles. The zero-order valence-corrected chi connectivity index (χ0v) is 14.9. The summed E-state index contributed by atoms with van der Waals surface area (Å²) in [6.45, 7) is 14.7. The molecule has 0 amide bonds. The molecule has 0 aromatic rings. The Kier molecular flexibility index (Phi) is 7.01. The molecule has 0 spiro atoms. The Labute approximate surface area is 133 Å². The molecule has 2 nitrogen and oxygen atoms in total. The summed E-state index contributed by atoms with van der Waals surface area (Å²) < 4.78 is 0. The van der Waals surface area contributed by atoms with Gasteiger partial charge in [0.15, 0.2) is 0 Å². The fraction of sp³-hybridized carbons (Fsp3) is 1.00. The van der Waals surface area contributed by atoms with Gasteiger partial charge < -0.3 is 10.2 Å². The normalized spacial score (nSPS) is 34.7. The van der Waals surface area contributed by atoms with Gasteiger partial charge in [0.2, 0.25) is 0 Å². The largest absolute Gasteiger partial charge is 0.314 e. The first-order valence-electron chi connectivity index (χ1n) is 9.59. The third-order valence-electron chi connectivity index (χ3n) is 6.06. The summed E-state index contributed by atoms with van der Waals surface area (Å²) in [5.74, 6) is 3.67. The number of nitrogens with zero attached hydrogens (tertiary/aromatic N) is 1. The molecule has 0 radical (unpaired) electrons. The molecule has 1 saturated carbocycles. The van der Waals surface area contributed by atoms with Crippen molar-refractivity contribution >= 4 is 0 Å². The van der Waals surface area contributed by atoms with Crippen molar-refractivity contribution in [3.63, 3.8) is 0 Å². The molecule has 2 heteroatoms. The molecule has 4 atom stereocenters. The molecule has 1 aliphatic carbocycles. The van der Waals surface area contributed by atoms with Crippen LogP contribution in [0.15, 0.2) is 0 Å². The highest BCUT2D eigenvalue weighted by molar-refractivity contribution is 4.89. The lowest BCUT2D eigenvalue weighted by Gasteiger charge is -2.40. The molecular weight excluding hydrogens is 256 g/mol. The molecule has 2 rings (SSSR count). The highest BCUT2D eigenvalue weighted by Crippen LogP contribution is 2.35. The maximum absolute atomic E-state index is 3.85. The first kappa shape index (κ1) is 17.3. The van der Waals surface area contributed by atoms with Gasteiger partial charge >= 0.3 is 0 Å².